The van der Waals surface area contributed by atoms with Gasteiger partial charge in [0.1, 0.15) is 5.82 Å². The summed E-state index contributed by atoms with van der Waals surface area (Å²) in [6.45, 7) is 0. The van der Waals surface area contributed by atoms with Gasteiger partial charge in [-0.25, -0.2) is 9.82 Å². The first-order valence-corrected chi connectivity index (χ1v) is 7.58. The molecule has 0 bridgehead atoms. The van der Waals surface area contributed by atoms with Gasteiger partial charge in [0.25, 0.3) is 0 Å². The number of nitrogens with one attached hydrogen (secondary N) is 1. The lowest BCUT2D eigenvalue weighted by molar-refractivity contribution is 0.419. The van der Waals surface area contributed by atoms with Gasteiger partial charge in [-0.15, -0.1) is 0 Å². The molecule has 3 rings (SSSR count). The molecule has 0 saturated heterocycles. The van der Waals surface area contributed by atoms with Crippen molar-refractivity contribution in [1.29, 1.82) is 0 Å². The second-order valence-electron chi connectivity index (χ2n) is 5.56. The molecule has 0 amide bonds. The maximum absolute atomic E-state index is 14.1. The Morgan fingerprint density at radius 1 is 1.19 bits per heavy atom. The first-order chi connectivity index (χ1) is 10.2. The van der Waals surface area contributed by atoms with E-state index in [0.29, 0.717) is 16.5 Å². The van der Waals surface area contributed by atoms with Gasteiger partial charge in [-0.05, 0) is 48.1 Å². The van der Waals surface area contributed by atoms with E-state index in [0.717, 1.165) is 5.56 Å². The average molecular weight is 305 g/mol. The zero-order valence-electron chi connectivity index (χ0n) is 11.7. The lowest BCUT2D eigenvalue weighted by Crippen LogP contribution is -2.29. The number of benzene rings is 2. The van der Waals surface area contributed by atoms with Gasteiger partial charge >= 0.3 is 0 Å². The highest BCUT2D eigenvalue weighted by Crippen LogP contribution is 2.37. The summed E-state index contributed by atoms with van der Waals surface area (Å²) in [5.74, 6) is 5.99. The van der Waals surface area contributed by atoms with Crippen LogP contribution in [-0.4, -0.2) is 0 Å². The van der Waals surface area contributed by atoms with Crippen LogP contribution in [0.2, 0.25) is 5.02 Å². The van der Waals surface area contributed by atoms with Gasteiger partial charge in [0.05, 0.1) is 6.04 Å². The smallest absolute Gasteiger partial charge is 0.128 e. The molecule has 0 aromatic heterocycles. The average Bonchev–Trinajstić information content (AvgIpc) is 2.42. The van der Waals surface area contributed by atoms with E-state index in [4.69, 9.17) is 17.4 Å². The zero-order chi connectivity index (χ0) is 14.8. The van der Waals surface area contributed by atoms with E-state index < -0.39 is 6.04 Å². The minimum absolute atomic E-state index is 0.309. The van der Waals surface area contributed by atoms with Crippen LogP contribution in [0.15, 0.2) is 42.5 Å². The Kier molecular flexibility index (Phi) is 4.24. The Balaban J connectivity index is 1.97. The van der Waals surface area contributed by atoms with Crippen molar-refractivity contribution in [3.8, 4) is 0 Å². The Labute approximate surface area is 129 Å². The van der Waals surface area contributed by atoms with Crippen LogP contribution < -0.4 is 11.3 Å². The molecule has 1 fully saturated rings. The number of halogens is 2. The van der Waals surface area contributed by atoms with Gasteiger partial charge in [0.2, 0.25) is 0 Å². The van der Waals surface area contributed by atoms with E-state index in [1.807, 2.05) is 12.1 Å². The molecule has 0 aliphatic heterocycles. The molecular formula is C17H18ClFN2. The van der Waals surface area contributed by atoms with Crippen molar-refractivity contribution >= 4 is 11.6 Å². The summed E-state index contributed by atoms with van der Waals surface area (Å²) in [5.41, 5.74) is 5.44. The lowest BCUT2D eigenvalue weighted by atomic mass is 9.79. The molecule has 4 heteroatoms. The summed E-state index contributed by atoms with van der Waals surface area (Å²) >= 11 is 5.98. The van der Waals surface area contributed by atoms with E-state index in [-0.39, 0.29) is 5.82 Å². The van der Waals surface area contributed by atoms with Crippen molar-refractivity contribution < 1.29 is 4.39 Å². The molecule has 0 radical (unpaired) electrons. The van der Waals surface area contributed by atoms with Crippen LogP contribution in [0.1, 0.15) is 47.9 Å². The molecule has 2 aromatic carbocycles. The summed E-state index contributed by atoms with van der Waals surface area (Å²) in [5, 5.41) is 0.502. The lowest BCUT2D eigenvalue weighted by Gasteiger charge is -2.27. The number of rotatable bonds is 4. The molecule has 2 nitrogen and oxygen atoms in total. The van der Waals surface area contributed by atoms with Crippen molar-refractivity contribution in [1.82, 2.24) is 5.43 Å². The van der Waals surface area contributed by atoms with Crippen LogP contribution in [0, 0.1) is 5.82 Å². The predicted octanol–water partition coefficient (Wildman–Crippen LogP) is 4.30. The molecule has 21 heavy (non-hydrogen) atoms. The Morgan fingerprint density at radius 2 is 2.00 bits per heavy atom. The predicted molar refractivity (Wildman–Crippen MR) is 83.6 cm³/mol. The topological polar surface area (TPSA) is 38.0 Å². The van der Waals surface area contributed by atoms with Crippen molar-refractivity contribution in [3.63, 3.8) is 0 Å². The summed E-state index contributed by atoms with van der Waals surface area (Å²) in [7, 11) is 0. The third-order valence-corrected chi connectivity index (χ3v) is 4.49. The van der Waals surface area contributed by atoms with Gasteiger partial charge in [-0.1, -0.05) is 42.3 Å². The molecule has 1 aliphatic rings. The first-order valence-electron chi connectivity index (χ1n) is 7.20. The van der Waals surface area contributed by atoms with Crippen LogP contribution in [0.5, 0.6) is 0 Å². The Morgan fingerprint density at radius 3 is 2.67 bits per heavy atom. The van der Waals surface area contributed by atoms with Crippen molar-refractivity contribution in [3.05, 3.63) is 70.0 Å². The fourth-order valence-corrected chi connectivity index (χ4v) is 3.02. The number of nitrogens with two attached hydrogens (primary N) is 1. The number of hydrogen-bond acceptors (Lipinski definition) is 2. The Hall–Kier alpha value is -1.42. The quantitative estimate of drug-likeness (QED) is 0.653. The highest BCUT2D eigenvalue weighted by atomic mass is 35.5. The highest BCUT2D eigenvalue weighted by Gasteiger charge is 2.22. The minimum atomic E-state index is -0.399. The van der Waals surface area contributed by atoms with Crippen LogP contribution in [0.3, 0.4) is 0 Å². The molecular weight excluding hydrogens is 287 g/mol. The van der Waals surface area contributed by atoms with Crippen LogP contribution in [-0.2, 0) is 0 Å². The second-order valence-corrected chi connectivity index (χ2v) is 6.00. The molecule has 2 aromatic rings. The van der Waals surface area contributed by atoms with Crippen molar-refractivity contribution in [2.24, 2.45) is 5.84 Å². The normalized spacial score (nSPS) is 16.5. The number of hydrogen-bond donors (Lipinski definition) is 2. The second kappa shape index (κ2) is 6.14. The Bertz CT molecular complexity index is 640. The summed E-state index contributed by atoms with van der Waals surface area (Å²) < 4.78 is 14.1. The SMILES string of the molecule is NNC(c1cccc(C2CCC2)c1)c1cc(Cl)ccc1F. The number of hydrazine groups is 1. The molecule has 110 valence electrons. The van der Waals surface area contributed by atoms with E-state index in [1.165, 1.54) is 30.9 Å². The maximum Gasteiger partial charge on any atom is 0.128 e. The summed E-state index contributed by atoms with van der Waals surface area (Å²) in [6, 6.07) is 12.4. The zero-order valence-corrected chi connectivity index (χ0v) is 12.4. The van der Waals surface area contributed by atoms with E-state index in [1.54, 1.807) is 12.1 Å². The maximum atomic E-state index is 14.1. The van der Waals surface area contributed by atoms with Gasteiger partial charge in [0.15, 0.2) is 0 Å². The third kappa shape index (κ3) is 2.95. The monoisotopic (exact) mass is 304 g/mol. The van der Waals surface area contributed by atoms with Crippen molar-refractivity contribution in [2.75, 3.05) is 0 Å². The molecule has 1 aliphatic carbocycles. The molecule has 0 heterocycles. The van der Waals surface area contributed by atoms with Crippen LogP contribution >= 0.6 is 11.6 Å². The summed E-state index contributed by atoms with van der Waals surface area (Å²) in [6.07, 6.45) is 3.75. The first kappa shape index (κ1) is 14.5. The van der Waals surface area contributed by atoms with Gasteiger partial charge in [-0.3, -0.25) is 5.84 Å². The van der Waals surface area contributed by atoms with Crippen LogP contribution in [0.25, 0.3) is 0 Å². The highest BCUT2D eigenvalue weighted by molar-refractivity contribution is 6.30. The fourth-order valence-electron chi connectivity index (χ4n) is 2.84. The van der Waals surface area contributed by atoms with Crippen LogP contribution in [0.4, 0.5) is 4.39 Å². The van der Waals surface area contributed by atoms with Gasteiger partial charge in [0, 0.05) is 10.6 Å². The van der Waals surface area contributed by atoms with Crippen molar-refractivity contribution in [2.45, 2.75) is 31.2 Å². The largest absolute Gasteiger partial charge is 0.271 e. The molecule has 0 spiro atoms. The van der Waals surface area contributed by atoms with E-state index >= 15 is 0 Å². The molecule has 1 saturated carbocycles. The molecule has 1 unspecified atom stereocenters. The molecule has 3 N–H and O–H groups in total. The summed E-state index contributed by atoms with van der Waals surface area (Å²) in [4.78, 5) is 0. The fraction of sp³-hybridized carbons (Fsp3) is 0.294. The van der Waals surface area contributed by atoms with E-state index in [9.17, 15) is 4.39 Å². The molecule has 1 atom stereocenters. The van der Waals surface area contributed by atoms with Gasteiger partial charge in [-0.2, -0.15) is 0 Å². The third-order valence-electron chi connectivity index (χ3n) is 4.26. The standard InChI is InChI=1S/C17H18ClFN2/c18-14-7-8-16(19)15(10-14)17(21-20)13-6-2-5-12(9-13)11-3-1-4-11/h2,5-11,17,21H,1,3-4,20H2. The minimum Gasteiger partial charge on any atom is -0.271 e. The van der Waals surface area contributed by atoms with E-state index in [2.05, 4.69) is 17.6 Å². The van der Waals surface area contributed by atoms with Gasteiger partial charge < -0.3 is 0 Å².